The van der Waals surface area contributed by atoms with Crippen LogP contribution in [0.1, 0.15) is 31.4 Å². The molecule has 0 unspecified atom stereocenters. The van der Waals surface area contributed by atoms with Gasteiger partial charge in [0.1, 0.15) is 16.0 Å². The fourth-order valence-electron chi connectivity index (χ4n) is 3.84. The number of aromatic amines is 1. The molecule has 2 heterocycles. The Balaban J connectivity index is 1.73. The van der Waals surface area contributed by atoms with E-state index in [1.165, 1.54) is 17.6 Å². The molecule has 0 radical (unpaired) electrons. The van der Waals surface area contributed by atoms with Gasteiger partial charge in [-0.1, -0.05) is 31.2 Å². The number of H-pyrrole nitrogens is 1. The summed E-state index contributed by atoms with van der Waals surface area (Å²) in [6.07, 6.45) is 1.98. The predicted molar refractivity (Wildman–Crippen MR) is 115 cm³/mol. The van der Waals surface area contributed by atoms with Crippen molar-refractivity contribution >= 4 is 32.7 Å². The van der Waals surface area contributed by atoms with Gasteiger partial charge in [-0.05, 0) is 54.2 Å². The van der Waals surface area contributed by atoms with Crippen LogP contribution < -0.4 is 16.3 Å². The smallest absolute Gasteiger partial charge is 0.271 e. The van der Waals surface area contributed by atoms with E-state index >= 15 is 4.39 Å². The summed E-state index contributed by atoms with van der Waals surface area (Å²) in [4.78, 5) is 25.7. The Morgan fingerprint density at radius 3 is 2.66 bits per heavy atom. The monoisotopic (exact) mass is 409 g/mol. The molecule has 29 heavy (non-hydrogen) atoms. The summed E-state index contributed by atoms with van der Waals surface area (Å²) in [5.74, 6) is -0.456. The van der Waals surface area contributed by atoms with Crippen LogP contribution in [-0.4, -0.2) is 15.5 Å². The van der Waals surface area contributed by atoms with Crippen molar-refractivity contribution in [1.29, 1.82) is 0 Å². The Morgan fingerprint density at radius 1 is 1.21 bits per heavy atom. The van der Waals surface area contributed by atoms with E-state index in [9.17, 15) is 9.59 Å². The van der Waals surface area contributed by atoms with Gasteiger partial charge in [0.05, 0.1) is 5.52 Å². The highest BCUT2D eigenvalue weighted by molar-refractivity contribution is 7.12. The van der Waals surface area contributed by atoms with Crippen molar-refractivity contribution in [2.45, 2.75) is 32.4 Å². The Hall–Kier alpha value is -2.77. The van der Waals surface area contributed by atoms with Crippen LogP contribution in [0.4, 0.5) is 4.39 Å². The summed E-state index contributed by atoms with van der Waals surface area (Å²) in [6, 6.07) is 11.1. The van der Waals surface area contributed by atoms with Crippen molar-refractivity contribution in [3.63, 3.8) is 0 Å². The van der Waals surface area contributed by atoms with E-state index in [1.54, 1.807) is 6.07 Å². The van der Waals surface area contributed by atoms with Gasteiger partial charge in [-0.3, -0.25) is 14.0 Å². The third kappa shape index (κ3) is 3.01. The minimum Gasteiger partial charge on any atom is -0.328 e. The summed E-state index contributed by atoms with van der Waals surface area (Å²) in [5.41, 5.74) is 2.25. The Bertz CT molecular complexity index is 1350. The SMILES string of the molecule is CCNCc1ccc(-c2cc3c(cc2F)c(=O)c2c(=O)[nH]sc2n3C2CC2)cc1. The highest BCUT2D eigenvalue weighted by Gasteiger charge is 2.29. The van der Waals surface area contributed by atoms with Gasteiger partial charge < -0.3 is 9.88 Å². The summed E-state index contributed by atoms with van der Waals surface area (Å²) >= 11 is 1.18. The number of rotatable bonds is 5. The highest BCUT2D eigenvalue weighted by atomic mass is 32.1. The largest absolute Gasteiger partial charge is 0.328 e. The normalized spacial score (nSPS) is 14.1. The van der Waals surface area contributed by atoms with E-state index < -0.39 is 16.8 Å². The van der Waals surface area contributed by atoms with E-state index in [4.69, 9.17) is 0 Å². The molecule has 2 aromatic carbocycles. The molecule has 1 saturated carbocycles. The number of hydrogen-bond acceptors (Lipinski definition) is 4. The minimum atomic E-state index is -0.456. The maximum absolute atomic E-state index is 15.0. The Labute approximate surface area is 170 Å². The fraction of sp³-hybridized carbons (Fsp3) is 0.273. The predicted octanol–water partition coefficient (Wildman–Crippen LogP) is 4.16. The number of nitrogens with one attached hydrogen (secondary N) is 2. The summed E-state index contributed by atoms with van der Waals surface area (Å²) < 4.78 is 19.7. The molecule has 0 spiro atoms. The molecular formula is C22H20FN3O2S. The molecule has 5 rings (SSSR count). The topological polar surface area (TPSA) is 66.9 Å². The first-order valence-corrected chi connectivity index (χ1v) is 10.6. The van der Waals surface area contributed by atoms with Crippen LogP contribution in [0, 0.1) is 5.82 Å². The van der Waals surface area contributed by atoms with Crippen molar-refractivity contribution in [3.8, 4) is 11.1 Å². The molecule has 1 aliphatic rings. The zero-order valence-electron chi connectivity index (χ0n) is 15.9. The maximum atomic E-state index is 15.0. The molecule has 1 aliphatic carbocycles. The van der Waals surface area contributed by atoms with Gasteiger partial charge in [0.15, 0.2) is 0 Å². The average Bonchev–Trinajstić information content (AvgIpc) is 3.49. The Kier molecular flexibility index (Phi) is 4.37. The molecule has 0 aliphatic heterocycles. The van der Waals surface area contributed by atoms with Crippen LogP contribution >= 0.6 is 11.5 Å². The number of fused-ring (bicyclic) bond motifs is 2. The number of nitrogens with zero attached hydrogens (tertiary/aromatic N) is 1. The second kappa shape index (κ2) is 6.93. The van der Waals surface area contributed by atoms with Crippen LogP contribution in [0.5, 0.6) is 0 Å². The quantitative estimate of drug-likeness (QED) is 0.520. The molecule has 2 N–H and O–H groups in total. The van der Waals surface area contributed by atoms with Crippen molar-refractivity contribution in [2.75, 3.05) is 6.54 Å². The van der Waals surface area contributed by atoms with Crippen LogP contribution in [0.15, 0.2) is 46.0 Å². The molecular weight excluding hydrogens is 389 g/mol. The average molecular weight is 409 g/mol. The molecule has 7 heteroatoms. The number of pyridine rings is 1. The number of hydrogen-bond donors (Lipinski definition) is 2. The van der Waals surface area contributed by atoms with Crippen LogP contribution in [-0.2, 0) is 6.54 Å². The van der Waals surface area contributed by atoms with Gasteiger partial charge >= 0.3 is 0 Å². The van der Waals surface area contributed by atoms with Gasteiger partial charge in [-0.25, -0.2) is 4.39 Å². The second-order valence-electron chi connectivity index (χ2n) is 7.47. The lowest BCUT2D eigenvalue weighted by Crippen LogP contribution is -2.15. The lowest BCUT2D eigenvalue weighted by molar-refractivity contribution is 0.632. The summed E-state index contributed by atoms with van der Waals surface area (Å²) in [6.45, 7) is 3.71. The van der Waals surface area contributed by atoms with Gasteiger partial charge in [0.2, 0.25) is 5.43 Å². The van der Waals surface area contributed by atoms with Crippen LogP contribution in [0.2, 0.25) is 0 Å². The zero-order valence-corrected chi connectivity index (χ0v) is 16.7. The van der Waals surface area contributed by atoms with Gasteiger partial charge in [0, 0.05) is 23.5 Å². The van der Waals surface area contributed by atoms with Crippen molar-refractivity contribution < 1.29 is 4.39 Å². The first-order chi connectivity index (χ1) is 14.1. The third-order valence-electron chi connectivity index (χ3n) is 5.47. The molecule has 2 aromatic heterocycles. The standard InChI is InChI=1S/C22H20FN3O2S/c1-2-24-11-12-3-5-13(6-4-12)15-10-18-16(9-17(15)23)20(27)19-21(28)25-29-22(19)26(18)14-7-8-14/h3-6,9-10,14,24H,2,7-8,11H2,1H3,(H,25,28). The van der Waals surface area contributed by atoms with Gasteiger partial charge in [-0.15, -0.1) is 0 Å². The zero-order chi connectivity index (χ0) is 20.1. The molecule has 0 amide bonds. The van der Waals surface area contributed by atoms with E-state index in [1.807, 2.05) is 28.8 Å². The Morgan fingerprint density at radius 2 is 1.97 bits per heavy atom. The van der Waals surface area contributed by atoms with E-state index in [2.05, 4.69) is 16.6 Å². The first-order valence-electron chi connectivity index (χ1n) is 9.77. The molecule has 0 bridgehead atoms. The molecule has 4 aromatic rings. The van der Waals surface area contributed by atoms with E-state index in [0.29, 0.717) is 15.9 Å². The van der Waals surface area contributed by atoms with Crippen molar-refractivity contribution in [1.82, 2.24) is 14.3 Å². The lowest BCUT2D eigenvalue weighted by atomic mass is 10.0. The minimum absolute atomic E-state index is 0.134. The second-order valence-corrected chi connectivity index (χ2v) is 8.27. The van der Waals surface area contributed by atoms with Crippen molar-refractivity contribution in [2.24, 2.45) is 0 Å². The van der Waals surface area contributed by atoms with Crippen LogP contribution in [0.3, 0.4) is 0 Å². The fourth-order valence-corrected chi connectivity index (χ4v) is 4.76. The van der Waals surface area contributed by atoms with E-state index in [0.717, 1.165) is 37.1 Å². The first kappa shape index (κ1) is 18.3. The van der Waals surface area contributed by atoms with Crippen molar-refractivity contribution in [3.05, 3.63) is 68.4 Å². The highest BCUT2D eigenvalue weighted by Crippen LogP contribution is 2.40. The molecule has 148 valence electrons. The van der Waals surface area contributed by atoms with Gasteiger partial charge in [-0.2, -0.15) is 0 Å². The number of aromatic nitrogens is 2. The van der Waals surface area contributed by atoms with Gasteiger partial charge in [0.25, 0.3) is 5.56 Å². The van der Waals surface area contributed by atoms with Crippen LogP contribution in [0.25, 0.3) is 32.2 Å². The lowest BCUT2D eigenvalue weighted by Gasteiger charge is -2.14. The molecule has 0 atom stereocenters. The molecule has 0 saturated heterocycles. The van der Waals surface area contributed by atoms with E-state index in [-0.39, 0.29) is 16.8 Å². The number of benzene rings is 2. The summed E-state index contributed by atoms with van der Waals surface area (Å²) in [7, 11) is 0. The number of halogens is 1. The third-order valence-corrected chi connectivity index (χ3v) is 6.35. The molecule has 5 nitrogen and oxygen atoms in total. The molecule has 1 fully saturated rings. The summed E-state index contributed by atoms with van der Waals surface area (Å²) in [5, 5.41) is 3.67. The maximum Gasteiger partial charge on any atom is 0.271 e.